The van der Waals surface area contributed by atoms with Crippen molar-refractivity contribution in [3.05, 3.63) is 48.2 Å². The lowest BCUT2D eigenvalue weighted by Crippen LogP contribution is -2.42. The maximum absolute atomic E-state index is 12.2. The van der Waals surface area contributed by atoms with Crippen molar-refractivity contribution in [2.24, 2.45) is 5.73 Å². The molecule has 0 saturated heterocycles. The Bertz CT molecular complexity index is 624. The van der Waals surface area contributed by atoms with Gasteiger partial charge in [-0.1, -0.05) is 18.2 Å². The summed E-state index contributed by atoms with van der Waals surface area (Å²) >= 11 is 0. The molecule has 22 heavy (non-hydrogen) atoms. The second kappa shape index (κ2) is 6.66. The number of ether oxygens (including phenoxy) is 1. The smallest absolute Gasteiger partial charge is 0.290 e. The largest absolute Gasteiger partial charge is 0.426 e. The topological polar surface area (TPSA) is 77.5 Å². The van der Waals surface area contributed by atoms with Gasteiger partial charge in [0.2, 0.25) is 0 Å². The van der Waals surface area contributed by atoms with E-state index in [1.54, 1.807) is 12.1 Å². The minimum absolute atomic E-state index is 0.125. The van der Waals surface area contributed by atoms with E-state index in [-0.39, 0.29) is 23.8 Å². The third-order valence-electron chi connectivity index (χ3n) is 3.82. The van der Waals surface area contributed by atoms with Crippen LogP contribution in [0.1, 0.15) is 36.2 Å². The number of carbonyl (C=O) groups is 1. The predicted octanol–water partition coefficient (Wildman–Crippen LogP) is 3.07. The number of amides is 1. The summed E-state index contributed by atoms with van der Waals surface area (Å²) in [6.07, 6.45) is 3.86. The zero-order valence-corrected chi connectivity index (χ0v) is 12.3. The van der Waals surface area contributed by atoms with Crippen LogP contribution in [0.2, 0.25) is 0 Å². The van der Waals surface area contributed by atoms with Gasteiger partial charge in [-0.15, -0.1) is 0 Å². The van der Waals surface area contributed by atoms with Crippen LogP contribution in [0.3, 0.4) is 0 Å². The minimum Gasteiger partial charge on any atom is -0.426 e. The van der Waals surface area contributed by atoms with E-state index in [0.717, 1.165) is 25.7 Å². The van der Waals surface area contributed by atoms with Gasteiger partial charge in [-0.2, -0.15) is 0 Å². The fourth-order valence-electron chi connectivity index (χ4n) is 2.72. The van der Waals surface area contributed by atoms with Crippen LogP contribution in [0.25, 0.3) is 0 Å². The molecule has 2 atom stereocenters. The molecule has 1 aliphatic rings. The van der Waals surface area contributed by atoms with Gasteiger partial charge in [-0.25, -0.2) is 0 Å². The van der Waals surface area contributed by atoms with Gasteiger partial charge in [0.25, 0.3) is 11.9 Å². The number of rotatable bonds is 4. The van der Waals surface area contributed by atoms with Crippen LogP contribution < -0.4 is 15.8 Å². The highest BCUT2D eigenvalue weighted by molar-refractivity contribution is 5.91. The van der Waals surface area contributed by atoms with Gasteiger partial charge in [-0.05, 0) is 43.9 Å². The first-order valence-electron chi connectivity index (χ1n) is 7.60. The number of hydrogen-bond acceptors (Lipinski definition) is 4. The number of nitrogens with two attached hydrogens (primary N) is 1. The molecule has 1 saturated carbocycles. The van der Waals surface area contributed by atoms with Gasteiger partial charge in [0, 0.05) is 18.2 Å². The normalized spacial score (nSPS) is 21.3. The Morgan fingerprint density at radius 2 is 2.00 bits per heavy atom. The molecule has 5 nitrogen and oxygen atoms in total. The van der Waals surface area contributed by atoms with Crippen LogP contribution in [-0.4, -0.2) is 18.0 Å². The third-order valence-corrected chi connectivity index (χ3v) is 3.82. The maximum atomic E-state index is 12.2. The van der Waals surface area contributed by atoms with E-state index in [4.69, 9.17) is 14.9 Å². The van der Waals surface area contributed by atoms with Gasteiger partial charge in [-0.3, -0.25) is 4.79 Å². The average Bonchev–Trinajstić information content (AvgIpc) is 2.97. The fourth-order valence-corrected chi connectivity index (χ4v) is 2.72. The van der Waals surface area contributed by atoms with Crippen LogP contribution in [0.4, 0.5) is 0 Å². The van der Waals surface area contributed by atoms with E-state index in [1.807, 2.05) is 30.3 Å². The highest BCUT2D eigenvalue weighted by Crippen LogP contribution is 2.24. The first kappa shape index (κ1) is 14.7. The van der Waals surface area contributed by atoms with E-state index < -0.39 is 0 Å². The Kier molecular flexibility index (Phi) is 4.44. The van der Waals surface area contributed by atoms with Gasteiger partial charge in [0.05, 0.1) is 0 Å². The molecule has 2 unspecified atom stereocenters. The molecule has 0 spiro atoms. The molecule has 5 heteroatoms. The molecule has 3 rings (SSSR count). The Morgan fingerprint density at radius 3 is 2.77 bits per heavy atom. The van der Waals surface area contributed by atoms with Crippen LogP contribution in [0, 0.1) is 0 Å². The molecule has 0 aliphatic heterocycles. The zero-order valence-electron chi connectivity index (χ0n) is 12.3. The summed E-state index contributed by atoms with van der Waals surface area (Å²) in [5, 5.41) is 2.97. The van der Waals surface area contributed by atoms with E-state index >= 15 is 0 Å². The molecule has 1 aromatic heterocycles. The summed E-state index contributed by atoms with van der Waals surface area (Å²) in [4.78, 5) is 12.2. The lowest BCUT2D eigenvalue weighted by atomic mass is 9.91. The summed E-state index contributed by atoms with van der Waals surface area (Å²) in [5.41, 5.74) is 5.93. The molecular weight excluding hydrogens is 280 g/mol. The summed E-state index contributed by atoms with van der Waals surface area (Å²) in [6.45, 7) is 0. The number of furan rings is 1. The van der Waals surface area contributed by atoms with E-state index in [0.29, 0.717) is 11.7 Å². The molecule has 1 amide bonds. The molecule has 3 N–H and O–H groups in total. The monoisotopic (exact) mass is 300 g/mol. The van der Waals surface area contributed by atoms with Crippen LogP contribution >= 0.6 is 0 Å². The summed E-state index contributed by atoms with van der Waals surface area (Å²) < 4.78 is 11.0. The van der Waals surface area contributed by atoms with Crippen LogP contribution in [0.15, 0.2) is 46.9 Å². The number of nitrogens with one attached hydrogen (secondary N) is 1. The van der Waals surface area contributed by atoms with Crippen molar-refractivity contribution in [2.45, 2.75) is 37.8 Å². The zero-order chi connectivity index (χ0) is 15.4. The number of para-hydroxylation sites is 1. The third kappa shape index (κ3) is 3.68. The maximum Gasteiger partial charge on any atom is 0.290 e. The molecule has 1 fully saturated rings. The van der Waals surface area contributed by atoms with E-state index in [2.05, 4.69) is 5.32 Å². The molecule has 1 aliphatic carbocycles. The standard InChI is InChI=1S/C17H20N2O3/c18-12-5-4-6-13(11-12)19-17(20)15-9-10-16(22-15)21-14-7-2-1-3-8-14/h1-3,7-10,12-13H,4-6,11,18H2,(H,19,20). The van der Waals surface area contributed by atoms with Crippen molar-refractivity contribution in [2.75, 3.05) is 0 Å². The SMILES string of the molecule is NC1CCCC(NC(=O)c2ccc(Oc3ccccc3)o2)C1. The molecule has 2 aromatic rings. The Balaban J connectivity index is 1.59. The Morgan fingerprint density at radius 1 is 1.18 bits per heavy atom. The van der Waals surface area contributed by atoms with Crippen LogP contribution in [-0.2, 0) is 0 Å². The van der Waals surface area contributed by atoms with Crippen molar-refractivity contribution in [1.82, 2.24) is 5.32 Å². The highest BCUT2D eigenvalue weighted by atomic mass is 16.6. The first-order chi connectivity index (χ1) is 10.7. The lowest BCUT2D eigenvalue weighted by molar-refractivity contribution is 0.0892. The van der Waals surface area contributed by atoms with Crippen molar-refractivity contribution < 1.29 is 13.9 Å². The van der Waals surface area contributed by atoms with E-state index in [9.17, 15) is 4.79 Å². The predicted molar refractivity (Wildman–Crippen MR) is 82.9 cm³/mol. The van der Waals surface area contributed by atoms with E-state index in [1.165, 1.54) is 0 Å². The molecule has 116 valence electrons. The Labute approximate surface area is 129 Å². The van der Waals surface area contributed by atoms with Gasteiger partial charge >= 0.3 is 0 Å². The summed E-state index contributed by atoms with van der Waals surface area (Å²) in [5.74, 6) is 1.01. The summed E-state index contributed by atoms with van der Waals surface area (Å²) in [7, 11) is 0. The number of hydrogen-bond donors (Lipinski definition) is 2. The fraction of sp³-hybridized carbons (Fsp3) is 0.353. The second-order valence-corrected chi connectivity index (χ2v) is 5.63. The number of carbonyl (C=O) groups excluding carboxylic acids is 1. The Hall–Kier alpha value is -2.27. The molecule has 0 radical (unpaired) electrons. The highest BCUT2D eigenvalue weighted by Gasteiger charge is 2.22. The van der Waals surface area contributed by atoms with Gasteiger partial charge in [0.1, 0.15) is 5.75 Å². The van der Waals surface area contributed by atoms with Gasteiger partial charge in [0.15, 0.2) is 5.76 Å². The first-order valence-corrected chi connectivity index (χ1v) is 7.60. The van der Waals surface area contributed by atoms with Gasteiger partial charge < -0.3 is 20.2 Å². The number of benzene rings is 1. The van der Waals surface area contributed by atoms with Crippen molar-refractivity contribution in [3.8, 4) is 11.7 Å². The quantitative estimate of drug-likeness (QED) is 0.909. The summed E-state index contributed by atoms with van der Waals surface area (Å²) in [6, 6.07) is 12.9. The van der Waals surface area contributed by atoms with Crippen molar-refractivity contribution in [3.63, 3.8) is 0 Å². The molecule has 1 aromatic carbocycles. The van der Waals surface area contributed by atoms with Crippen molar-refractivity contribution >= 4 is 5.91 Å². The molecular formula is C17H20N2O3. The molecule has 0 bridgehead atoms. The minimum atomic E-state index is -0.220. The van der Waals surface area contributed by atoms with Crippen LogP contribution in [0.5, 0.6) is 11.7 Å². The lowest BCUT2D eigenvalue weighted by Gasteiger charge is -2.26. The average molecular weight is 300 g/mol. The van der Waals surface area contributed by atoms with Crippen molar-refractivity contribution in [1.29, 1.82) is 0 Å². The second-order valence-electron chi connectivity index (χ2n) is 5.63. The molecule has 1 heterocycles.